The van der Waals surface area contributed by atoms with E-state index in [9.17, 15) is 19.5 Å². The Kier molecular flexibility index (Phi) is 55.9. The molecule has 0 heterocycles. The molecule has 0 radical (unpaired) electrons. The molecule has 9 nitrogen and oxygen atoms in total. The van der Waals surface area contributed by atoms with E-state index in [1.165, 1.54) is 154 Å². The molecule has 0 aromatic rings. The van der Waals surface area contributed by atoms with Crippen molar-refractivity contribution in [2.24, 2.45) is 0 Å². The zero-order valence-corrected chi connectivity index (χ0v) is 50.6. The number of aliphatic carboxylic acids is 1. The van der Waals surface area contributed by atoms with Crippen LogP contribution in [0.15, 0.2) is 85.1 Å². The number of hydrogen-bond acceptors (Lipinski definition) is 8. The molecular weight excluding hydrogens is 959 g/mol. The van der Waals surface area contributed by atoms with Crippen molar-refractivity contribution in [1.29, 1.82) is 0 Å². The van der Waals surface area contributed by atoms with Gasteiger partial charge < -0.3 is 33.3 Å². The lowest BCUT2D eigenvalue weighted by Gasteiger charge is -2.26. The molecule has 77 heavy (non-hydrogen) atoms. The number of esters is 2. The van der Waals surface area contributed by atoms with Crippen LogP contribution in [-0.4, -0.2) is 82.3 Å². The van der Waals surface area contributed by atoms with Crippen LogP contribution >= 0.6 is 0 Å². The topological polar surface area (TPSA) is 111 Å². The third-order valence-corrected chi connectivity index (χ3v) is 13.7. The summed E-state index contributed by atoms with van der Waals surface area (Å²) in [6, 6.07) is 0. The molecule has 0 bridgehead atoms. The van der Waals surface area contributed by atoms with Gasteiger partial charge in [0.25, 0.3) is 0 Å². The van der Waals surface area contributed by atoms with Crippen LogP contribution in [-0.2, 0) is 33.3 Å². The molecule has 0 rings (SSSR count). The zero-order chi connectivity index (χ0) is 56.2. The largest absolute Gasteiger partial charge is 0.545 e. The molecule has 0 fully saturated rings. The molecule has 0 aliphatic rings. The summed E-state index contributed by atoms with van der Waals surface area (Å²) >= 11 is 0. The molecule has 9 heteroatoms. The van der Waals surface area contributed by atoms with Crippen molar-refractivity contribution < 1.29 is 42.9 Å². The molecule has 0 aromatic carbocycles. The monoisotopic (exact) mass is 1080 g/mol. The molecular formula is C68H119NO8. The average Bonchev–Trinajstić information content (AvgIpc) is 3.40. The van der Waals surface area contributed by atoms with Gasteiger partial charge >= 0.3 is 11.9 Å². The maximum Gasteiger partial charge on any atom is 0.306 e. The number of nitrogens with zero attached hydrogens (tertiary/aromatic N) is 1. The second-order valence-electron chi connectivity index (χ2n) is 22.3. The summed E-state index contributed by atoms with van der Waals surface area (Å²) in [4.78, 5) is 37.3. The van der Waals surface area contributed by atoms with Crippen LogP contribution in [0.3, 0.4) is 0 Å². The van der Waals surface area contributed by atoms with Gasteiger partial charge in [-0.2, -0.15) is 0 Å². The molecule has 0 saturated heterocycles. The van der Waals surface area contributed by atoms with E-state index in [4.69, 9.17) is 18.9 Å². The van der Waals surface area contributed by atoms with Crippen molar-refractivity contribution >= 4 is 17.9 Å². The molecule has 0 spiro atoms. The third-order valence-electron chi connectivity index (χ3n) is 13.7. The van der Waals surface area contributed by atoms with Crippen LogP contribution in [0.5, 0.6) is 0 Å². The second-order valence-corrected chi connectivity index (χ2v) is 22.3. The normalized spacial score (nSPS) is 13.3. The lowest BCUT2D eigenvalue weighted by atomic mass is 10.0. The molecule has 0 aromatic heterocycles. The fourth-order valence-corrected chi connectivity index (χ4v) is 8.81. The number of carbonyl (C=O) groups excluding carboxylic acids is 3. The fraction of sp³-hybridized carbons (Fsp3) is 0.750. The van der Waals surface area contributed by atoms with Crippen LogP contribution in [0.4, 0.5) is 0 Å². The van der Waals surface area contributed by atoms with Gasteiger partial charge in [0.15, 0.2) is 12.4 Å². The van der Waals surface area contributed by atoms with Crippen LogP contribution in [0.1, 0.15) is 271 Å². The summed E-state index contributed by atoms with van der Waals surface area (Å²) < 4.78 is 22.7. The molecule has 2 unspecified atom stereocenters. The number of likely N-dealkylation sites (N-methyl/N-ethyl adjacent to an activating group) is 1. The second kappa shape index (κ2) is 58.6. The van der Waals surface area contributed by atoms with Crippen molar-refractivity contribution in [3.8, 4) is 0 Å². The highest BCUT2D eigenvalue weighted by molar-refractivity contribution is 5.70. The van der Waals surface area contributed by atoms with Gasteiger partial charge in [0.05, 0.1) is 40.3 Å². The Morgan fingerprint density at radius 3 is 1.10 bits per heavy atom. The van der Waals surface area contributed by atoms with E-state index in [1.54, 1.807) is 0 Å². The first kappa shape index (κ1) is 73.5. The third kappa shape index (κ3) is 60.0. The first-order valence-electron chi connectivity index (χ1n) is 31.7. The van der Waals surface area contributed by atoms with E-state index in [0.29, 0.717) is 23.9 Å². The molecule has 444 valence electrons. The molecule has 0 aliphatic carbocycles. The number of carboxylic acid groups (broad SMARTS) is 1. The quantitative estimate of drug-likeness (QED) is 0.0195. The maximum atomic E-state index is 12.9. The zero-order valence-electron chi connectivity index (χ0n) is 50.6. The number of rotatable bonds is 58. The van der Waals surface area contributed by atoms with Gasteiger partial charge in [0.1, 0.15) is 13.2 Å². The van der Waals surface area contributed by atoms with E-state index in [2.05, 4.69) is 98.9 Å². The summed E-state index contributed by atoms with van der Waals surface area (Å²) in [5.41, 5.74) is 0. The minimum atomic E-state index is -1.62. The Morgan fingerprint density at radius 1 is 0.403 bits per heavy atom. The molecule has 2 atom stereocenters. The maximum absolute atomic E-state index is 12.9. The summed E-state index contributed by atoms with van der Waals surface area (Å²) in [7, 11) is 5.93. The summed E-state index contributed by atoms with van der Waals surface area (Å²) in [5, 5.41) is 11.8. The molecule has 0 amide bonds. The van der Waals surface area contributed by atoms with Crippen LogP contribution in [0, 0.1) is 0 Å². The number of ether oxygens (including phenoxy) is 4. The number of carbonyl (C=O) groups is 3. The van der Waals surface area contributed by atoms with E-state index in [-0.39, 0.29) is 32.2 Å². The van der Waals surface area contributed by atoms with Crippen molar-refractivity contribution in [2.45, 2.75) is 283 Å². The van der Waals surface area contributed by atoms with Gasteiger partial charge in [0.2, 0.25) is 0 Å². The summed E-state index contributed by atoms with van der Waals surface area (Å²) in [5.74, 6) is -2.27. The van der Waals surface area contributed by atoms with E-state index < -0.39 is 24.3 Å². The SMILES string of the molecule is CC/C=C\C/C=C\C/C=C\C/C=C\C/C=C\C/C=C\C/C=C\CCCCCCCCCCCCCCCCCC(=O)OC(COC(=O)CCCCCCCCCCCCCCCCC)COC(OCC[N+](C)(C)C)C(=O)[O-]. The Labute approximate surface area is 474 Å². The number of allylic oxidation sites excluding steroid dienone is 14. The Morgan fingerprint density at radius 2 is 0.740 bits per heavy atom. The molecule has 0 N–H and O–H groups in total. The van der Waals surface area contributed by atoms with Gasteiger partial charge in [0, 0.05) is 12.8 Å². The van der Waals surface area contributed by atoms with Gasteiger partial charge in [-0.1, -0.05) is 272 Å². The standard InChI is InChI=1S/C68H119NO8/c1-6-8-10-12-14-16-18-20-22-23-24-25-26-27-28-29-30-31-32-33-34-35-36-37-38-39-40-41-42-43-45-47-49-51-53-55-57-59-66(71)77-64(63-76-68(67(72)73)74-61-60-69(3,4)5)62-75-65(70)58-56-54-52-50-48-46-44-21-19-17-15-13-11-9-7-2/h8,10,14,16,20,22,24-25,27-28,30-31,33-34,64,68H,6-7,9,11-13,15,17-19,21,23,26,29,32,35-63H2,1-5H3/b10-8-,16-14-,22-20-,25-24-,28-27-,31-30-,34-33-. The van der Waals surface area contributed by atoms with Crippen molar-refractivity contribution in [2.75, 3.05) is 47.5 Å². The van der Waals surface area contributed by atoms with Crippen LogP contribution < -0.4 is 5.11 Å². The van der Waals surface area contributed by atoms with Gasteiger partial charge in [-0.05, 0) is 70.6 Å². The molecule has 0 aliphatic heterocycles. The summed E-state index contributed by atoms with van der Waals surface area (Å²) in [6.45, 7) is 4.66. The van der Waals surface area contributed by atoms with Gasteiger partial charge in [-0.15, -0.1) is 0 Å². The minimum Gasteiger partial charge on any atom is -0.545 e. The average molecular weight is 1080 g/mol. The highest BCUT2D eigenvalue weighted by Gasteiger charge is 2.22. The predicted octanol–water partition coefficient (Wildman–Crippen LogP) is 17.8. The van der Waals surface area contributed by atoms with Crippen LogP contribution in [0.25, 0.3) is 0 Å². The van der Waals surface area contributed by atoms with Gasteiger partial charge in [-0.25, -0.2) is 0 Å². The van der Waals surface area contributed by atoms with E-state index in [0.717, 1.165) is 83.5 Å². The van der Waals surface area contributed by atoms with Crippen molar-refractivity contribution in [3.63, 3.8) is 0 Å². The number of hydrogen-bond donors (Lipinski definition) is 0. The first-order valence-corrected chi connectivity index (χ1v) is 31.7. The first-order chi connectivity index (χ1) is 37.6. The summed E-state index contributed by atoms with van der Waals surface area (Å²) in [6.07, 6.45) is 75.0. The van der Waals surface area contributed by atoms with E-state index in [1.807, 2.05) is 21.1 Å². The lowest BCUT2D eigenvalue weighted by molar-refractivity contribution is -0.870. The Balaban J connectivity index is 4.08. The number of unbranched alkanes of at least 4 members (excludes halogenated alkanes) is 29. The highest BCUT2D eigenvalue weighted by atomic mass is 16.7. The van der Waals surface area contributed by atoms with Crippen LogP contribution in [0.2, 0.25) is 0 Å². The Hall–Kier alpha value is -3.53. The smallest absolute Gasteiger partial charge is 0.306 e. The highest BCUT2D eigenvalue weighted by Crippen LogP contribution is 2.17. The van der Waals surface area contributed by atoms with E-state index >= 15 is 0 Å². The Bertz CT molecular complexity index is 1540. The minimum absolute atomic E-state index is 0.147. The van der Waals surface area contributed by atoms with Crippen molar-refractivity contribution in [1.82, 2.24) is 0 Å². The molecule has 0 saturated carbocycles. The van der Waals surface area contributed by atoms with Crippen molar-refractivity contribution in [3.05, 3.63) is 85.1 Å². The fourth-order valence-electron chi connectivity index (χ4n) is 8.81. The lowest BCUT2D eigenvalue weighted by Crippen LogP contribution is -2.44. The number of carboxylic acids is 1. The number of quaternary nitrogens is 1. The predicted molar refractivity (Wildman–Crippen MR) is 324 cm³/mol. The van der Waals surface area contributed by atoms with Gasteiger partial charge in [-0.3, -0.25) is 9.59 Å².